The fraction of sp³-hybridized carbons (Fsp3) is 0.214. The van der Waals surface area contributed by atoms with Crippen LogP contribution in [0, 0.1) is 5.82 Å². The maximum atomic E-state index is 13.6. The van der Waals surface area contributed by atoms with Crippen molar-refractivity contribution in [3.05, 3.63) is 36.1 Å². The van der Waals surface area contributed by atoms with E-state index in [0.717, 1.165) is 0 Å². The molecule has 2 rings (SSSR count). The maximum absolute atomic E-state index is 13.6. The molecule has 0 amide bonds. The van der Waals surface area contributed by atoms with E-state index >= 15 is 0 Å². The Morgan fingerprint density at radius 3 is 2.75 bits per heavy atom. The van der Waals surface area contributed by atoms with Gasteiger partial charge in [-0.3, -0.25) is 0 Å². The number of hydrogen-bond acceptors (Lipinski definition) is 5. The first-order chi connectivity index (χ1) is 9.63. The lowest BCUT2D eigenvalue weighted by molar-refractivity contribution is 0.329. The third-order valence-electron chi connectivity index (χ3n) is 2.59. The molecule has 0 aliphatic rings. The van der Waals surface area contributed by atoms with Crippen molar-refractivity contribution in [1.29, 1.82) is 0 Å². The van der Waals surface area contributed by atoms with Crippen molar-refractivity contribution >= 4 is 17.2 Å². The first kappa shape index (κ1) is 13.9. The zero-order valence-corrected chi connectivity index (χ0v) is 11.3. The van der Waals surface area contributed by atoms with Gasteiger partial charge in [-0.05, 0) is 31.2 Å². The van der Waals surface area contributed by atoms with Crippen LogP contribution in [0.1, 0.15) is 6.92 Å². The van der Waals surface area contributed by atoms with Crippen LogP contribution in [0.3, 0.4) is 0 Å². The normalized spacial score (nSPS) is 10.2. The molecule has 0 bridgehead atoms. The summed E-state index contributed by atoms with van der Waals surface area (Å²) in [6, 6.07) is 7.94. The average molecular weight is 277 g/mol. The number of nitrogen functional groups attached to an aromatic ring is 1. The predicted molar refractivity (Wildman–Crippen MR) is 76.1 cm³/mol. The Hall–Kier alpha value is -2.50. The molecule has 3 N–H and O–H groups in total. The highest BCUT2D eigenvalue weighted by molar-refractivity contribution is 5.61. The van der Waals surface area contributed by atoms with E-state index < -0.39 is 5.82 Å². The average Bonchev–Trinajstić information content (AvgIpc) is 2.43. The van der Waals surface area contributed by atoms with Crippen LogP contribution in [0.15, 0.2) is 30.3 Å². The monoisotopic (exact) mass is 277 g/mol. The van der Waals surface area contributed by atoms with E-state index in [2.05, 4.69) is 10.3 Å². The molecule has 6 heteroatoms. The topological polar surface area (TPSA) is 69.4 Å². The van der Waals surface area contributed by atoms with Crippen molar-refractivity contribution in [2.45, 2.75) is 6.92 Å². The summed E-state index contributed by atoms with van der Waals surface area (Å²) in [5.74, 6) is 0.618. The van der Waals surface area contributed by atoms with Gasteiger partial charge in [-0.15, -0.1) is 0 Å². The maximum Gasteiger partial charge on any atom is 0.239 e. The van der Waals surface area contributed by atoms with Gasteiger partial charge in [0.15, 0.2) is 11.6 Å². The predicted octanol–water partition coefficient (Wildman–Crippen LogP) is 2.95. The van der Waals surface area contributed by atoms with Crippen LogP contribution < -0.4 is 20.5 Å². The van der Waals surface area contributed by atoms with Crippen LogP contribution in [0.4, 0.5) is 21.6 Å². The minimum Gasteiger partial charge on any atom is -0.494 e. The van der Waals surface area contributed by atoms with E-state index in [-0.39, 0.29) is 5.75 Å². The zero-order valence-electron chi connectivity index (χ0n) is 11.3. The molecule has 106 valence electrons. The van der Waals surface area contributed by atoms with Gasteiger partial charge in [0.05, 0.1) is 19.4 Å². The molecule has 1 aromatic heterocycles. The van der Waals surface area contributed by atoms with Crippen molar-refractivity contribution < 1.29 is 13.9 Å². The van der Waals surface area contributed by atoms with Gasteiger partial charge in [0.1, 0.15) is 5.82 Å². The number of ether oxygens (including phenoxy) is 2. The van der Waals surface area contributed by atoms with Crippen LogP contribution in [0.2, 0.25) is 0 Å². The van der Waals surface area contributed by atoms with Crippen molar-refractivity contribution in [3.8, 4) is 11.6 Å². The Morgan fingerprint density at radius 2 is 2.10 bits per heavy atom. The standard InChI is InChI=1S/C14H16FN3O2/c1-3-20-14-11(16)5-7-13(18-14)17-9-4-6-12(19-2)10(15)8-9/h4-8H,3,16H2,1-2H3,(H,17,18). The fourth-order valence-corrected chi connectivity index (χ4v) is 1.67. The Morgan fingerprint density at radius 1 is 1.30 bits per heavy atom. The number of methoxy groups -OCH3 is 1. The van der Waals surface area contributed by atoms with Crippen molar-refractivity contribution in [1.82, 2.24) is 4.98 Å². The summed E-state index contributed by atoms with van der Waals surface area (Å²) in [6.07, 6.45) is 0. The molecule has 20 heavy (non-hydrogen) atoms. The minimum absolute atomic E-state index is 0.191. The number of rotatable bonds is 5. The molecule has 0 fully saturated rings. The van der Waals surface area contributed by atoms with Gasteiger partial charge < -0.3 is 20.5 Å². The van der Waals surface area contributed by atoms with E-state index in [4.69, 9.17) is 15.2 Å². The first-order valence-electron chi connectivity index (χ1n) is 6.14. The van der Waals surface area contributed by atoms with E-state index in [1.807, 2.05) is 6.92 Å². The SMILES string of the molecule is CCOc1nc(Nc2ccc(OC)c(F)c2)ccc1N. The van der Waals surface area contributed by atoms with Crippen LogP contribution in [-0.2, 0) is 0 Å². The molecule has 0 spiro atoms. The van der Waals surface area contributed by atoms with Crippen LogP contribution >= 0.6 is 0 Å². The minimum atomic E-state index is -0.446. The van der Waals surface area contributed by atoms with Crippen molar-refractivity contribution in [2.24, 2.45) is 0 Å². The van der Waals surface area contributed by atoms with Gasteiger partial charge in [-0.25, -0.2) is 4.39 Å². The Bertz CT molecular complexity index is 605. The van der Waals surface area contributed by atoms with Crippen LogP contribution in [0.5, 0.6) is 11.6 Å². The molecule has 0 aliphatic carbocycles. The molecular weight excluding hydrogens is 261 g/mol. The third-order valence-corrected chi connectivity index (χ3v) is 2.59. The summed E-state index contributed by atoms with van der Waals surface area (Å²) < 4.78 is 23.8. The number of aromatic nitrogens is 1. The molecule has 1 aromatic carbocycles. The number of nitrogens with one attached hydrogen (secondary N) is 1. The summed E-state index contributed by atoms with van der Waals surface area (Å²) in [6.45, 7) is 2.32. The molecule has 0 atom stereocenters. The van der Waals surface area contributed by atoms with Gasteiger partial charge in [-0.2, -0.15) is 4.98 Å². The lowest BCUT2D eigenvalue weighted by atomic mass is 10.3. The van der Waals surface area contributed by atoms with Crippen LogP contribution in [0.25, 0.3) is 0 Å². The van der Waals surface area contributed by atoms with Gasteiger partial charge in [0.2, 0.25) is 5.88 Å². The molecule has 0 saturated heterocycles. The second-order valence-corrected chi connectivity index (χ2v) is 4.00. The number of nitrogens with two attached hydrogens (primary N) is 1. The van der Waals surface area contributed by atoms with Crippen LogP contribution in [-0.4, -0.2) is 18.7 Å². The number of anilines is 3. The highest BCUT2D eigenvalue weighted by Gasteiger charge is 2.06. The van der Waals surface area contributed by atoms with Crippen molar-refractivity contribution in [3.63, 3.8) is 0 Å². The largest absolute Gasteiger partial charge is 0.494 e. The molecule has 0 aliphatic heterocycles. The first-order valence-corrected chi connectivity index (χ1v) is 6.14. The smallest absolute Gasteiger partial charge is 0.239 e. The van der Waals surface area contributed by atoms with E-state index in [1.54, 1.807) is 24.3 Å². The molecule has 0 unspecified atom stereocenters. The van der Waals surface area contributed by atoms with Gasteiger partial charge in [0, 0.05) is 11.8 Å². The number of hydrogen-bond donors (Lipinski definition) is 2. The molecule has 1 heterocycles. The van der Waals surface area contributed by atoms with E-state index in [0.29, 0.717) is 29.7 Å². The summed E-state index contributed by atoms with van der Waals surface area (Å²) in [5.41, 5.74) is 6.75. The zero-order chi connectivity index (χ0) is 14.5. The van der Waals surface area contributed by atoms with Crippen molar-refractivity contribution in [2.75, 3.05) is 24.8 Å². The fourth-order valence-electron chi connectivity index (χ4n) is 1.67. The molecule has 0 radical (unpaired) electrons. The number of pyridine rings is 1. The molecule has 2 aromatic rings. The summed E-state index contributed by atoms with van der Waals surface area (Å²) in [7, 11) is 1.42. The number of nitrogens with zero attached hydrogens (tertiary/aromatic N) is 1. The molecular formula is C14H16FN3O2. The highest BCUT2D eigenvalue weighted by atomic mass is 19.1. The van der Waals surface area contributed by atoms with E-state index in [1.165, 1.54) is 13.2 Å². The summed E-state index contributed by atoms with van der Waals surface area (Å²) in [5, 5.41) is 2.98. The van der Waals surface area contributed by atoms with E-state index in [9.17, 15) is 4.39 Å². The molecule has 0 saturated carbocycles. The second kappa shape index (κ2) is 6.10. The Labute approximate surface area is 116 Å². The lowest BCUT2D eigenvalue weighted by Gasteiger charge is -2.10. The summed E-state index contributed by atoms with van der Waals surface area (Å²) in [4.78, 5) is 4.22. The highest BCUT2D eigenvalue weighted by Crippen LogP contribution is 2.25. The quantitative estimate of drug-likeness (QED) is 0.879. The summed E-state index contributed by atoms with van der Waals surface area (Å²) >= 11 is 0. The lowest BCUT2D eigenvalue weighted by Crippen LogP contribution is -2.02. The second-order valence-electron chi connectivity index (χ2n) is 4.00. The van der Waals surface area contributed by atoms with Gasteiger partial charge in [0.25, 0.3) is 0 Å². The third kappa shape index (κ3) is 3.09. The molecule has 5 nitrogen and oxygen atoms in total. The van der Waals surface area contributed by atoms with Gasteiger partial charge >= 0.3 is 0 Å². The Kier molecular flexibility index (Phi) is 4.24. The number of halogens is 1. The van der Waals surface area contributed by atoms with Gasteiger partial charge in [-0.1, -0.05) is 0 Å². The Balaban J connectivity index is 2.21. The number of benzene rings is 1.